The van der Waals surface area contributed by atoms with Crippen molar-refractivity contribution >= 4 is 28.0 Å². The molecule has 2 heterocycles. The van der Waals surface area contributed by atoms with Gasteiger partial charge >= 0.3 is 0 Å². The summed E-state index contributed by atoms with van der Waals surface area (Å²) in [6.07, 6.45) is 0. The Morgan fingerprint density at radius 2 is 2.00 bits per heavy atom. The normalized spacial score (nSPS) is 14.9. The van der Waals surface area contributed by atoms with E-state index in [-0.39, 0.29) is 12.5 Å². The standard InChI is InChI=1S/C15H14N2OS/c1-10-9-19-15-13(10)14(11-6-4-3-5-7-11)16-8-12(18)17(15)2/h3-7,9H,8H2,1-2H3. The lowest BCUT2D eigenvalue weighted by molar-refractivity contribution is -0.116. The lowest BCUT2D eigenvalue weighted by Gasteiger charge is -2.14. The number of nitrogens with zero attached hydrogens (tertiary/aromatic N) is 2. The molecule has 0 fully saturated rings. The van der Waals surface area contributed by atoms with Crippen LogP contribution < -0.4 is 4.90 Å². The molecule has 0 N–H and O–H groups in total. The van der Waals surface area contributed by atoms with E-state index in [1.807, 2.05) is 37.4 Å². The molecule has 0 bridgehead atoms. The Kier molecular flexibility index (Phi) is 2.95. The summed E-state index contributed by atoms with van der Waals surface area (Å²) in [5.41, 5.74) is 4.24. The summed E-state index contributed by atoms with van der Waals surface area (Å²) in [5, 5.41) is 3.07. The van der Waals surface area contributed by atoms with E-state index in [0.717, 1.165) is 21.8 Å². The summed E-state index contributed by atoms with van der Waals surface area (Å²) < 4.78 is 0. The van der Waals surface area contributed by atoms with Crippen molar-refractivity contribution in [2.24, 2.45) is 4.99 Å². The minimum atomic E-state index is 0.0361. The molecule has 0 saturated carbocycles. The Morgan fingerprint density at radius 1 is 1.26 bits per heavy atom. The molecule has 0 saturated heterocycles. The van der Waals surface area contributed by atoms with Gasteiger partial charge in [-0.15, -0.1) is 11.3 Å². The molecule has 1 aliphatic heterocycles. The molecular weight excluding hydrogens is 256 g/mol. The van der Waals surface area contributed by atoms with Gasteiger partial charge in [0.2, 0.25) is 5.91 Å². The number of carbonyl (C=O) groups excluding carboxylic acids is 1. The third-order valence-corrected chi connectivity index (χ3v) is 4.46. The van der Waals surface area contributed by atoms with Gasteiger partial charge in [0.25, 0.3) is 0 Å². The molecular formula is C15H14N2OS. The number of aryl methyl sites for hydroxylation is 1. The molecule has 3 nitrogen and oxygen atoms in total. The summed E-state index contributed by atoms with van der Waals surface area (Å²) in [6, 6.07) is 10.1. The van der Waals surface area contributed by atoms with Crippen LogP contribution in [0.25, 0.3) is 0 Å². The first-order valence-corrected chi connectivity index (χ1v) is 7.01. The maximum atomic E-state index is 12.0. The average molecular weight is 270 g/mol. The molecule has 3 rings (SSSR count). The second-order valence-electron chi connectivity index (χ2n) is 4.58. The molecule has 0 radical (unpaired) electrons. The zero-order valence-corrected chi connectivity index (χ0v) is 11.7. The highest BCUT2D eigenvalue weighted by Crippen LogP contribution is 2.34. The van der Waals surface area contributed by atoms with Crippen LogP contribution in [0.3, 0.4) is 0 Å². The van der Waals surface area contributed by atoms with Crippen LogP contribution in [0.4, 0.5) is 5.00 Å². The van der Waals surface area contributed by atoms with Gasteiger partial charge in [-0.05, 0) is 17.9 Å². The second kappa shape index (κ2) is 4.63. The van der Waals surface area contributed by atoms with E-state index in [1.165, 1.54) is 5.56 Å². The SMILES string of the molecule is Cc1csc2c1C(c1ccccc1)=NCC(=O)N2C. The highest BCUT2D eigenvalue weighted by molar-refractivity contribution is 7.15. The first-order chi connectivity index (χ1) is 9.18. The zero-order valence-electron chi connectivity index (χ0n) is 10.9. The predicted molar refractivity (Wildman–Crippen MR) is 79.4 cm³/mol. The number of amides is 1. The molecule has 0 unspecified atom stereocenters. The van der Waals surface area contributed by atoms with Crippen molar-refractivity contribution in [3.8, 4) is 0 Å². The van der Waals surface area contributed by atoms with Crippen molar-refractivity contribution in [3.63, 3.8) is 0 Å². The average Bonchev–Trinajstić information content (AvgIpc) is 2.75. The largest absolute Gasteiger partial charge is 0.305 e. The minimum Gasteiger partial charge on any atom is -0.305 e. The second-order valence-corrected chi connectivity index (χ2v) is 5.44. The summed E-state index contributed by atoms with van der Waals surface area (Å²) in [7, 11) is 1.82. The summed E-state index contributed by atoms with van der Waals surface area (Å²) in [6.45, 7) is 2.28. The van der Waals surface area contributed by atoms with Gasteiger partial charge in [-0.3, -0.25) is 9.79 Å². The van der Waals surface area contributed by atoms with E-state index in [4.69, 9.17) is 0 Å². The van der Waals surface area contributed by atoms with Crippen LogP contribution in [0.15, 0.2) is 40.7 Å². The molecule has 0 spiro atoms. The van der Waals surface area contributed by atoms with Crippen LogP contribution in [0.5, 0.6) is 0 Å². The molecule has 1 aliphatic rings. The fourth-order valence-corrected chi connectivity index (χ4v) is 3.28. The fourth-order valence-electron chi connectivity index (χ4n) is 2.24. The van der Waals surface area contributed by atoms with Gasteiger partial charge < -0.3 is 4.90 Å². The third kappa shape index (κ3) is 1.98. The highest BCUT2D eigenvalue weighted by Gasteiger charge is 2.25. The van der Waals surface area contributed by atoms with E-state index >= 15 is 0 Å². The zero-order chi connectivity index (χ0) is 13.4. The van der Waals surface area contributed by atoms with Gasteiger partial charge in [0.1, 0.15) is 11.5 Å². The molecule has 1 aromatic carbocycles. The maximum absolute atomic E-state index is 12.0. The smallest absolute Gasteiger partial charge is 0.249 e. The number of thiophene rings is 1. The Bertz CT molecular complexity index is 658. The first-order valence-electron chi connectivity index (χ1n) is 6.13. The van der Waals surface area contributed by atoms with Gasteiger partial charge in [0.05, 0.1) is 5.71 Å². The van der Waals surface area contributed by atoms with E-state index in [2.05, 4.69) is 17.3 Å². The fraction of sp³-hybridized carbons (Fsp3) is 0.200. The molecule has 0 atom stereocenters. The van der Waals surface area contributed by atoms with Crippen LogP contribution in [-0.2, 0) is 4.79 Å². The van der Waals surface area contributed by atoms with E-state index in [1.54, 1.807) is 16.2 Å². The van der Waals surface area contributed by atoms with Gasteiger partial charge in [0.15, 0.2) is 0 Å². The minimum absolute atomic E-state index is 0.0361. The van der Waals surface area contributed by atoms with Gasteiger partial charge in [-0.25, -0.2) is 0 Å². The first kappa shape index (κ1) is 12.1. The van der Waals surface area contributed by atoms with Crippen molar-refractivity contribution in [3.05, 3.63) is 52.4 Å². The number of benzene rings is 1. The van der Waals surface area contributed by atoms with Crippen molar-refractivity contribution in [2.75, 3.05) is 18.5 Å². The molecule has 96 valence electrons. The molecule has 1 amide bonds. The molecule has 4 heteroatoms. The van der Waals surface area contributed by atoms with E-state index in [0.29, 0.717) is 0 Å². The number of anilines is 1. The maximum Gasteiger partial charge on any atom is 0.249 e. The molecule has 0 aliphatic carbocycles. The van der Waals surface area contributed by atoms with Crippen LogP contribution in [0.2, 0.25) is 0 Å². The van der Waals surface area contributed by atoms with Crippen molar-refractivity contribution in [1.29, 1.82) is 0 Å². The quantitative estimate of drug-likeness (QED) is 0.784. The number of likely N-dealkylation sites (N-methyl/N-ethyl adjacent to an activating group) is 1. The molecule has 19 heavy (non-hydrogen) atoms. The van der Waals surface area contributed by atoms with Gasteiger partial charge in [-0.2, -0.15) is 0 Å². The lowest BCUT2D eigenvalue weighted by Crippen LogP contribution is -2.26. The number of hydrogen-bond acceptors (Lipinski definition) is 3. The number of fused-ring (bicyclic) bond motifs is 1. The van der Waals surface area contributed by atoms with Gasteiger partial charge in [-0.1, -0.05) is 30.3 Å². The number of rotatable bonds is 1. The van der Waals surface area contributed by atoms with Crippen molar-refractivity contribution in [1.82, 2.24) is 0 Å². The summed E-state index contributed by atoms with van der Waals surface area (Å²) >= 11 is 1.60. The van der Waals surface area contributed by atoms with E-state index < -0.39 is 0 Å². The van der Waals surface area contributed by atoms with Crippen LogP contribution in [0.1, 0.15) is 16.7 Å². The Morgan fingerprint density at radius 3 is 2.74 bits per heavy atom. The van der Waals surface area contributed by atoms with Crippen LogP contribution in [0, 0.1) is 6.92 Å². The highest BCUT2D eigenvalue weighted by atomic mass is 32.1. The lowest BCUT2D eigenvalue weighted by atomic mass is 10.0. The Hall–Kier alpha value is -1.94. The van der Waals surface area contributed by atoms with Gasteiger partial charge in [0, 0.05) is 18.2 Å². The molecule has 1 aromatic heterocycles. The summed E-state index contributed by atoms with van der Waals surface area (Å²) in [5.74, 6) is 0.0361. The van der Waals surface area contributed by atoms with E-state index in [9.17, 15) is 4.79 Å². The predicted octanol–water partition coefficient (Wildman–Crippen LogP) is 2.87. The van der Waals surface area contributed by atoms with Crippen molar-refractivity contribution < 1.29 is 4.79 Å². The van der Waals surface area contributed by atoms with Crippen LogP contribution >= 0.6 is 11.3 Å². The number of carbonyl (C=O) groups is 1. The number of hydrogen-bond donors (Lipinski definition) is 0. The third-order valence-electron chi connectivity index (χ3n) is 3.29. The van der Waals surface area contributed by atoms with Crippen molar-refractivity contribution in [2.45, 2.75) is 6.92 Å². The Labute approximate surface area is 116 Å². The Balaban J connectivity index is 2.22. The number of aliphatic imine (C=N–C) groups is 1. The van der Waals surface area contributed by atoms with Crippen LogP contribution in [-0.4, -0.2) is 25.2 Å². The molecule has 2 aromatic rings. The summed E-state index contributed by atoms with van der Waals surface area (Å²) in [4.78, 5) is 18.2. The monoisotopic (exact) mass is 270 g/mol. The topological polar surface area (TPSA) is 32.7 Å².